The molecule has 8 heteroatoms. The fourth-order valence-corrected chi connectivity index (χ4v) is 6.96. The average Bonchev–Trinajstić information content (AvgIpc) is 3.47. The zero-order chi connectivity index (χ0) is 32.3. The maximum Gasteiger partial charge on any atom is 0.306 e. The van der Waals surface area contributed by atoms with Crippen molar-refractivity contribution in [1.82, 2.24) is 10.6 Å². The molecule has 0 aromatic heterocycles. The molecule has 0 aromatic rings. The molecule has 0 bridgehead atoms. The van der Waals surface area contributed by atoms with Gasteiger partial charge >= 0.3 is 5.97 Å². The molecule has 8 atom stereocenters. The lowest BCUT2D eigenvalue weighted by molar-refractivity contribution is -0.241. The van der Waals surface area contributed by atoms with Crippen molar-refractivity contribution in [3.05, 3.63) is 0 Å². The summed E-state index contributed by atoms with van der Waals surface area (Å²) in [5, 5.41) is 28.8. The molecule has 2 rings (SSSR count). The van der Waals surface area contributed by atoms with Gasteiger partial charge < -0.3 is 30.3 Å². The van der Waals surface area contributed by atoms with E-state index in [2.05, 4.69) is 24.5 Å². The topological polar surface area (TPSA) is 117 Å². The number of hydrogen-bond donors (Lipinski definition) is 4. The van der Waals surface area contributed by atoms with E-state index in [1.54, 1.807) is 0 Å². The van der Waals surface area contributed by atoms with Crippen LogP contribution in [0.2, 0.25) is 0 Å². The van der Waals surface area contributed by atoms with Crippen LogP contribution in [0.15, 0.2) is 0 Å². The number of ether oxygens (including phenoxy) is 2. The van der Waals surface area contributed by atoms with E-state index in [-0.39, 0.29) is 23.8 Å². The Hall–Kier alpha value is -1.22. The van der Waals surface area contributed by atoms with Gasteiger partial charge in [0.2, 0.25) is 5.91 Å². The lowest BCUT2D eigenvalue weighted by Crippen LogP contribution is -2.65. The first-order chi connectivity index (χ1) is 21.2. The van der Waals surface area contributed by atoms with E-state index >= 15 is 0 Å². The van der Waals surface area contributed by atoms with E-state index < -0.39 is 36.6 Å². The number of hydrogen-bond acceptors (Lipinski definition) is 7. The van der Waals surface area contributed by atoms with Crippen molar-refractivity contribution in [2.75, 3.05) is 6.54 Å². The highest BCUT2D eigenvalue weighted by Gasteiger charge is 2.49. The lowest BCUT2D eigenvalue weighted by atomic mass is 9.85. The van der Waals surface area contributed by atoms with Crippen molar-refractivity contribution in [3.63, 3.8) is 0 Å². The van der Waals surface area contributed by atoms with Gasteiger partial charge in [-0.15, -0.1) is 0 Å². The van der Waals surface area contributed by atoms with Gasteiger partial charge in [-0.2, -0.15) is 0 Å². The predicted octanol–water partition coefficient (Wildman–Crippen LogP) is 6.59. The number of aliphatic hydroxyl groups is 2. The van der Waals surface area contributed by atoms with Crippen LogP contribution < -0.4 is 10.6 Å². The van der Waals surface area contributed by atoms with Crippen molar-refractivity contribution in [2.24, 2.45) is 11.8 Å². The third kappa shape index (κ3) is 13.6. The lowest BCUT2D eigenvalue weighted by Gasteiger charge is -2.46. The Bertz CT molecular complexity index is 780. The molecule has 0 saturated carbocycles. The summed E-state index contributed by atoms with van der Waals surface area (Å²) < 4.78 is 12.1. The number of carbonyl (C=O) groups excluding carboxylic acids is 2. The van der Waals surface area contributed by atoms with Crippen LogP contribution in [0.3, 0.4) is 0 Å². The molecular weight excluding hydrogens is 556 g/mol. The molecule has 1 amide bonds. The molecule has 2 heterocycles. The fourth-order valence-electron chi connectivity index (χ4n) is 6.96. The van der Waals surface area contributed by atoms with Crippen molar-refractivity contribution in [2.45, 2.75) is 199 Å². The van der Waals surface area contributed by atoms with Gasteiger partial charge in [-0.05, 0) is 44.1 Å². The standard InChI is InChI=1S/C36H68N2O6/c1-6-9-10-11-12-13-14-15-16-17-18-19-20-23-30(39)44-34-29(22-8-3)43-35(33(41)32(34)40)31(26(4)5)38-36(42)28-24-27(21-7-2)25-37-28/h26-29,31-35,37,40-41H,6-25H2,1-5H3,(H,38,42)/t27-,28-,29+,31+,32-,33+,34-,35+/m0/s1. The second-order valence-electron chi connectivity index (χ2n) is 14.0. The van der Waals surface area contributed by atoms with Crippen molar-refractivity contribution < 1.29 is 29.3 Å². The quantitative estimate of drug-likeness (QED) is 0.0749. The summed E-state index contributed by atoms with van der Waals surface area (Å²) in [5.74, 6) is 0.0207. The second-order valence-corrected chi connectivity index (χ2v) is 14.0. The summed E-state index contributed by atoms with van der Waals surface area (Å²) in [7, 11) is 0. The molecule has 8 nitrogen and oxygen atoms in total. The van der Waals surface area contributed by atoms with Crippen molar-refractivity contribution >= 4 is 11.9 Å². The van der Waals surface area contributed by atoms with E-state index in [9.17, 15) is 19.8 Å². The van der Waals surface area contributed by atoms with Gasteiger partial charge in [0.05, 0.1) is 18.2 Å². The molecule has 2 aliphatic heterocycles. The van der Waals surface area contributed by atoms with Crippen LogP contribution in [0.5, 0.6) is 0 Å². The van der Waals surface area contributed by atoms with E-state index in [1.807, 2.05) is 20.8 Å². The molecule has 2 aliphatic rings. The van der Waals surface area contributed by atoms with Gasteiger partial charge in [0.15, 0.2) is 6.10 Å². The molecule has 258 valence electrons. The monoisotopic (exact) mass is 625 g/mol. The van der Waals surface area contributed by atoms with Gasteiger partial charge in [0, 0.05) is 6.42 Å². The first-order valence-electron chi connectivity index (χ1n) is 18.5. The van der Waals surface area contributed by atoms with Crippen LogP contribution in [0.25, 0.3) is 0 Å². The van der Waals surface area contributed by atoms with E-state index in [4.69, 9.17) is 9.47 Å². The molecular formula is C36H68N2O6. The third-order valence-electron chi connectivity index (χ3n) is 9.66. The van der Waals surface area contributed by atoms with Crippen LogP contribution in [0, 0.1) is 11.8 Å². The second kappa shape index (κ2) is 22.3. The highest BCUT2D eigenvalue weighted by atomic mass is 16.6. The van der Waals surface area contributed by atoms with Gasteiger partial charge in [-0.1, -0.05) is 125 Å². The predicted molar refractivity (Wildman–Crippen MR) is 177 cm³/mol. The highest BCUT2D eigenvalue weighted by Crippen LogP contribution is 2.31. The largest absolute Gasteiger partial charge is 0.457 e. The van der Waals surface area contributed by atoms with Gasteiger partial charge in [-0.25, -0.2) is 0 Å². The molecule has 4 N–H and O–H groups in total. The zero-order valence-electron chi connectivity index (χ0n) is 28.9. The summed E-state index contributed by atoms with van der Waals surface area (Å²) in [6, 6.07) is -0.746. The van der Waals surface area contributed by atoms with Gasteiger partial charge in [0.25, 0.3) is 0 Å². The Morgan fingerprint density at radius 3 is 1.93 bits per heavy atom. The smallest absolute Gasteiger partial charge is 0.306 e. The Kier molecular flexibility index (Phi) is 19.8. The van der Waals surface area contributed by atoms with Crippen molar-refractivity contribution in [3.8, 4) is 0 Å². The Morgan fingerprint density at radius 1 is 0.818 bits per heavy atom. The fraction of sp³-hybridized carbons (Fsp3) is 0.944. The van der Waals surface area contributed by atoms with E-state index in [1.165, 1.54) is 64.2 Å². The number of carbonyl (C=O) groups is 2. The van der Waals surface area contributed by atoms with Crippen molar-refractivity contribution in [1.29, 1.82) is 0 Å². The number of rotatable bonds is 23. The molecule has 2 fully saturated rings. The number of esters is 1. The summed E-state index contributed by atoms with van der Waals surface area (Å²) in [6.45, 7) is 11.2. The summed E-state index contributed by atoms with van der Waals surface area (Å²) in [6.07, 6.45) is 15.9. The number of aliphatic hydroxyl groups excluding tert-OH is 2. The first-order valence-corrected chi connectivity index (χ1v) is 18.5. The summed E-state index contributed by atoms with van der Waals surface area (Å²) in [5.41, 5.74) is 0. The van der Waals surface area contributed by atoms with Crippen LogP contribution >= 0.6 is 0 Å². The third-order valence-corrected chi connectivity index (χ3v) is 9.66. The minimum atomic E-state index is -1.28. The number of nitrogens with one attached hydrogen (secondary N) is 2. The zero-order valence-corrected chi connectivity index (χ0v) is 28.9. The Balaban J connectivity index is 1.78. The van der Waals surface area contributed by atoms with Crippen LogP contribution in [0.1, 0.15) is 157 Å². The van der Waals surface area contributed by atoms with Crippen LogP contribution in [-0.4, -0.2) is 71.2 Å². The maximum atomic E-state index is 13.2. The molecule has 0 aliphatic carbocycles. The summed E-state index contributed by atoms with van der Waals surface area (Å²) in [4.78, 5) is 26.0. The highest BCUT2D eigenvalue weighted by molar-refractivity contribution is 5.82. The minimum absolute atomic E-state index is 0.0319. The molecule has 0 unspecified atom stereocenters. The normalized spacial score (nSPS) is 27.9. The molecule has 2 saturated heterocycles. The first kappa shape index (κ1) is 39.0. The molecule has 0 spiro atoms. The Labute approximate surface area is 269 Å². The van der Waals surface area contributed by atoms with Gasteiger partial charge in [-0.3, -0.25) is 9.59 Å². The molecule has 0 radical (unpaired) electrons. The summed E-state index contributed by atoms with van der Waals surface area (Å²) >= 11 is 0. The molecule has 0 aromatic carbocycles. The van der Waals surface area contributed by atoms with Crippen LogP contribution in [-0.2, 0) is 19.1 Å². The number of unbranched alkanes of at least 4 members (excludes halogenated alkanes) is 12. The van der Waals surface area contributed by atoms with Crippen LogP contribution in [0.4, 0.5) is 0 Å². The maximum absolute atomic E-state index is 13.2. The average molecular weight is 625 g/mol. The minimum Gasteiger partial charge on any atom is -0.457 e. The Morgan fingerprint density at radius 2 is 1.39 bits per heavy atom. The van der Waals surface area contributed by atoms with E-state index in [0.29, 0.717) is 18.8 Å². The SMILES string of the molecule is CCCCCCCCCCCCCCCC(=O)O[C@@H]1[C@@H](O)[C@@H](O)[C@@H]([C@H](NC(=O)[C@@H]2C[C@H](CCC)CN2)C(C)C)O[C@@H]1CCC. The molecule has 44 heavy (non-hydrogen) atoms. The number of amides is 1. The van der Waals surface area contributed by atoms with Gasteiger partial charge in [0.1, 0.15) is 18.3 Å². The van der Waals surface area contributed by atoms with E-state index in [0.717, 1.165) is 51.5 Å².